The monoisotopic (exact) mass is 350 g/mol. The third kappa shape index (κ3) is 4.60. The van der Waals surface area contributed by atoms with Crippen molar-refractivity contribution in [1.82, 2.24) is 10.3 Å². The number of ether oxygens (including phenoxy) is 1. The molecule has 23 heavy (non-hydrogen) atoms. The number of pyridine rings is 1. The molecule has 2 aromatic rings. The lowest BCUT2D eigenvalue weighted by Crippen LogP contribution is -2.22. The number of rotatable bonds is 6. The van der Waals surface area contributed by atoms with E-state index < -0.39 is 0 Å². The Labute approximate surface area is 144 Å². The van der Waals surface area contributed by atoms with Gasteiger partial charge in [-0.15, -0.1) is 0 Å². The number of amides is 1. The van der Waals surface area contributed by atoms with Gasteiger partial charge in [-0.2, -0.15) is 0 Å². The molecule has 1 saturated carbocycles. The Morgan fingerprint density at radius 2 is 2.04 bits per heavy atom. The summed E-state index contributed by atoms with van der Waals surface area (Å²) >= 11 is 11.8. The Morgan fingerprint density at radius 3 is 2.70 bits per heavy atom. The second-order valence-corrected chi connectivity index (χ2v) is 6.39. The van der Waals surface area contributed by atoms with Gasteiger partial charge < -0.3 is 10.1 Å². The fraction of sp³-hybridized carbons (Fsp3) is 0.294. The van der Waals surface area contributed by atoms with Crippen LogP contribution in [0.25, 0.3) is 0 Å². The smallest absolute Gasteiger partial charge is 0.251 e. The van der Waals surface area contributed by atoms with Gasteiger partial charge in [0, 0.05) is 24.4 Å². The number of hydrogen-bond acceptors (Lipinski definition) is 3. The van der Waals surface area contributed by atoms with E-state index in [4.69, 9.17) is 27.9 Å². The number of nitrogens with one attached hydrogen (secondary N) is 1. The van der Waals surface area contributed by atoms with Gasteiger partial charge in [-0.25, -0.2) is 4.98 Å². The van der Waals surface area contributed by atoms with E-state index in [1.54, 1.807) is 24.4 Å². The van der Waals surface area contributed by atoms with Crippen molar-refractivity contribution < 1.29 is 9.53 Å². The number of benzene rings is 1. The Bertz CT molecular complexity index is 700. The third-order valence-corrected chi connectivity index (χ3v) is 4.34. The molecule has 1 fully saturated rings. The first-order valence-electron chi connectivity index (χ1n) is 7.43. The molecular weight excluding hydrogens is 335 g/mol. The molecule has 1 heterocycles. The summed E-state index contributed by atoms with van der Waals surface area (Å²) < 4.78 is 5.58. The summed E-state index contributed by atoms with van der Waals surface area (Å²) in [6.45, 7) is 1.12. The van der Waals surface area contributed by atoms with Gasteiger partial charge in [-0.1, -0.05) is 29.3 Å². The van der Waals surface area contributed by atoms with E-state index in [2.05, 4.69) is 10.3 Å². The number of carbonyl (C=O) groups is 1. The van der Waals surface area contributed by atoms with Crippen LogP contribution < -0.4 is 10.1 Å². The Hall–Kier alpha value is -1.78. The zero-order chi connectivity index (χ0) is 16.2. The molecule has 0 saturated heterocycles. The van der Waals surface area contributed by atoms with E-state index in [0.29, 0.717) is 34.0 Å². The van der Waals surface area contributed by atoms with Crippen LogP contribution in [0.5, 0.6) is 5.88 Å². The van der Waals surface area contributed by atoms with Crippen LogP contribution in [-0.4, -0.2) is 17.5 Å². The van der Waals surface area contributed by atoms with Crippen molar-refractivity contribution in [3.63, 3.8) is 0 Å². The molecule has 120 valence electrons. The minimum absolute atomic E-state index is 0.211. The van der Waals surface area contributed by atoms with Crippen LogP contribution in [0.4, 0.5) is 0 Å². The second-order valence-electron chi connectivity index (χ2n) is 5.57. The lowest BCUT2D eigenvalue weighted by Gasteiger charge is -2.07. The predicted octanol–water partition coefficient (Wildman–Crippen LogP) is 4.11. The average Bonchev–Trinajstić information content (AvgIpc) is 3.38. The SMILES string of the molecule is O=C(NCc1ccc(OCC2CC2)nc1)c1ccc(Cl)c(Cl)c1. The summed E-state index contributed by atoms with van der Waals surface area (Å²) in [6.07, 6.45) is 4.20. The van der Waals surface area contributed by atoms with Crippen molar-refractivity contribution in [2.24, 2.45) is 5.92 Å². The van der Waals surface area contributed by atoms with Crippen LogP contribution in [0.2, 0.25) is 10.0 Å². The number of aromatic nitrogens is 1. The molecule has 1 aliphatic rings. The number of nitrogens with zero attached hydrogens (tertiary/aromatic N) is 1. The number of carbonyl (C=O) groups excluding carboxylic acids is 1. The fourth-order valence-corrected chi connectivity index (χ4v) is 2.31. The molecule has 3 rings (SSSR count). The summed E-state index contributed by atoms with van der Waals surface area (Å²) in [4.78, 5) is 16.3. The average molecular weight is 351 g/mol. The highest BCUT2D eigenvalue weighted by molar-refractivity contribution is 6.42. The minimum atomic E-state index is -0.211. The minimum Gasteiger partial charge on any atom is -0.477 e. The molecule has 4 nitrogen and oxygen atoms in total. The van der Waals surface area contributed by atoms with E-state index in [1.807, 2.05) is 12.1 Å². The van der Waals surface area contributed by atoms with Gasteiger partial charge in [0.1, 0.15) is 0 Å². The van der Waals surface area contributed by atoms with E-state index in [1.165, 1.54) is 12.8 Å². The Balaban J connectivity index is 1.52. The van der Waals surface area contributed by atoms with E-state index >= 15 is 0 Å². The van der Waals surface area contributed by atoms with Gasteiger partial charge >= 0.3 is 0 Å². The predicted molar refractivity (Wildman–Crippen MR) is 90.1 cm³/mol. The third-order valence-electron chi connectivity index (χ3n) is 3.60. The molecule has 1 N–H and O–H groups in total. The topological polar surface area (TPSA) is 51.2 Å². The molecule has 1 aliphatic carbocycles. The maximum absolute atomic E-state index is 12.1. The Morgan fingerprint density at radius 1 is 1.22 bits per heavy atom. The molecule has 0 radical (unpaired) electrons. The highest BCUT2D eigenvalue weighted by Crippen LogP contribution is 2.29. The standard InChI is InChI=1S/C17H16Cl2N2O2/c18-14-5-4-13(7-15(14)19)17(22)21-9-12-3-6-16(20-8-12)23-10-11-1-2-11/h3-8,11H,1-2,9-10H2,(H,21,22). The molecule has 6 heteroatoms. The lowest BCUT2D eigenvalue weighted by atomic mass is 10.2. The molecule has 0 atom stereocenters. The van der Waals surface area contributed by atoms with Crippen molar-refractivity contribution in [2.45, 2.75) is 19.4 Å². The highest BCUT2D eigenvalue weighted by atomic mass is 35.5. The van der Waals surface area contributed by atoms with Crippen molar-refractivity contribution >= 4 is 29.1 Å². The van der Waals surface area contributed by atoms with Gasteiger partial charge in [0.2, 0.25) is 5.88 Å². The summed E-state index contributed by atoms with van der Waals surface area (Å²) in [5.74, 6) is 1.11. The maximum atomic E-state index is 12.1. The van der Waals surface area contributed by atoms with E-state index in [0.717, 1.165) is 12.2 Å². The van der Waals surface area contributed by atoms with Crippen molar-refractivity contribution in [1.29, 1.82) is 0 Å². The summed E-state index contributed by atoms with van der Waals surface area (Å²) in [7, 11) is 0. The van der Waals surface area contributed by atoms with E-state index in [-0.39, 0.29) is 5.91 Å². The van der Waals surface area contributed by atoms with Crippen molar-refractivity contribution in [3.05, 3.63) is 57.7 Å². The zero-order valence-corrected chi connectivity index (χ0v) is 13.9. The second kappa shape index (κ2) is 7.20. The summed E-state index contributed by atoms with van der Waals surface area (Å²) in [6, 6.07) is 8.50. The van der Waals surface area contributed by atoms with Crippen LogP contribution in [0.15, 0.2) is 36.5 Å². The van der Waals surface area contributed by atoms with Gasteiger partial charge in [0.25, 0.3) is 5.91 Å². The normalized spacial score (nSPS) is 13.7. The lowest BCUT2D eigenvalue weighted by molar-refractivity contribution is 0.0951. The molecular formula is C17H16Cl2N2O2. The van der Waals surface area contributed by atoms with Crippen LogP contribution >= 0.6 is 23.2 Å². The zero-order valence-electron chi connectivity index (χ0n) is 12.4. The highest BCUT2D eigenvalue weighted by Gasteiger charge is 2.22. The quantitative estimate of drug-likeness (QED) is 0.852. The van der Waals surface area contributed by atoms with Gasteiger partial charge in [0.15, 0.2) is 0 Å². The molecule has 1 aromatic heterocycles. The summed E-state index contributed by atoms with van der Waals surface area (Å²) in [5, 5.41) is 3.60. The van der Waals surface area contributed by atoms with Gasteiger partial charge in [-0.3, -0.25) is 4.79 Å². The molecule has 1 amide bonds. The largest absolute Gasteiger partial charge is 0.477 e. The van der Waals surface area contributed by atoms with Crippen LogP contribution in [-0.2, 0) is 6.54 Å². The van der Waals surface area contributed by atoms with Crippen LogP contribution in [0.1, 0.15) is 28.8 Å². The molecule has 0 spiro atoms. The number of hydrogen-bond donors (Lipinski definition) is 1. The molecule has 0 unspecified atom stereocenters. The molecule has 1 aromatic carbocycles. The fourth-order valence-electron chi connectivity index (χ4n) is 2.01. The van der Waals surface area contributed by atoms with Crippen molar-refractivity contribution in [2.75, 3.05) is 6.61 Å². The maximum Gasteiger partial charge on any atom is 0.251 e. The summed E-state index contributed by atoms with van der Waals surface area (Å²) in [5.41, 5.74) is 1.37. The van der Waals surface area contributed by atoms with Crippen LogP contribution in [0.3, 0.4) is 0 Å². The van der Waals surface area contributed by atoms with Gasteiger partial charge in [0.05, 0.1) is 16.7 Å². The van der Waals surface area contributed by atoms with Crippen molar-refractivity contribution in [3.8, 4) is 5.88 Å². The van der Waals surface area contributed by atoms with Crippen LogP contribution in [0, 0.1) is 5.92 Å². The molecule has 0 aliphatic heterocycles. The first-order valence-corrected chi connectivity index (χ1v) is 8.18. The van der Waals surface area contributed by atoms with Gasteiger partial charge in [-0.05, 0) is 42.5 Å². The number of halogens is 2. The first-order chi connectivity index (χ1) is 11.1. The Kier molecular flexibility index (Phi) is 5.03. The molecule has 0 bridgehead atoms. The first kappa shape index (κ1) is 16.1. The van der Waals surface area contributed by atoms with E-state index in [9.17, 15) is 4.79 Å².